The topological polar surface area (TPSA) is 97.1 Å². The maximum atomic E-state index is 12.1. The van der Waals surface area contributed by atoms with Crippen LogP contribution in [-0.2, 0) is 9.59 Å². The lowest BCUT2D eigenvalue weighted by Crippen LogP contribution is -2.18. The van der Waals surface area contributed by atoms with Crippen LogP contribution in [0.15, 0.2) is 30.7 Å². The van der Waals surface area contributed by atoms with Crippen LogP contribution in [0.3, 0.4) is 0 Å². The zero-order chi connectivity index (χ0) is 15.0. The molecule has 0 saturated heterocycles. The van der Waals surface area contributed by atoms with Gasteiger partial charge >= 0.3 is 5.97 Å². The molecule has 2 N–H and O–H groups in total. The fraction of sp³-hybridized carbons (Fsp3) is 0.286. The molecular formula is C14H14N4O3. The summed E-state index contributed by atoms with van der Waals surface area (Å²) in [6.45, 7) is 1.83. The first kappa shape index (κ1) is 13.3. The van der Waals surface area contributed by atoms with Gasteiger partial charge in [0, 0.05) is 18.6 Å². The van der Waals surface area contributed by atoms with Crippen molar-refractivity contribution in [1.29, 1.82) is 0 Å². The number of hydrogen-bond acceptors (Lipinski definition) is 4. The van der Waals surface area contributed by atoms with Crippen molar-refractivity contribution in [3.63, 3.8) is 0 Å². The highest BCUT2D eigenvalue weighted by Gasteiger charge is 2.48. The van der Waals surface area contributed by atoms with Gasteiger partial charge in [-0.25, -0.2) is 9.97 Å². The SMILES string of the molecule is Cc1nccn1-c1ncccc1NC(=O)C1CC1C(=O)O. The van der Waals surface area contributed by atoms with E-state index in [1.165, 1.54) is 0 Å². The van der Waals surface area contributed by atoms with Gasteiger partial charge in [-0.1, -0.05) is 0 Å². The Morgan fingerprint density at radius 3 is 2.76 bits per heavy atom. The second-order valence-electron chi connectivity index (χ2n) is 5.00. The van der Waals surface area contributed by atoms with Gasteiger partial charge < -0.3 is 10.4 Å². The van der Waals surface area contributed by atoms with Gasteiger partial charge in [-0.2, -0.15) is 0 Å². The predicted octanol–water partition coefficient (Wildman–Crippen LogP) is 1.23. The van der Waals surface area contributed by atoms with Gasteiger partial charge in [-0.05, 0) is 25.5 Å². The Morgan fingerprint density at radius 1 is 1.33 bits per heavy atom. The fourth-order valence-electron chi connectivity index (χ4n) is 2.27. The Labute approximate surface area is 120 Å². The quantitative estimate of drug-likeness (QED) is 0.881. The van der Waals surface area contributed by atoms with Crippen molar-refractivity contribution in [2.75, 3.05) is 5.32 Å². The van der Waals surface area contributed by atoms with Crippen LogP contribution >= 0.6 is 0 Å². The summed E-state index contributed by atoms with van der Waals surface area (Å²) in [5, 5.41) is 11.6. The van der Waals surface area contributed by atoms with E-state index in [-0.39, 0.29) is 5.91 Å². The zero-order valence-electron chi connectivity index (χ0n) is 11.4. The molecule has 0 bridgehead atoms. The van der Waals surface area contributed by atoms with Crippen LogP contribution < -0.4 is 5.32 Å². The zero-order valence-corrected chi connectivity index (χ0v) is 11.4. The van der Waals surface area contributed by atoms with E-state index >= 15 is 0 Å². The highest BCUT2D eigenvalue weighted by molar-refractivity contribution is 5.99. The summed E-state index contributed by atoms with van der Waals surface area (Å²) >= 11 is 0. The Hall–Kier alpha value is -2.70. The standard InChI is InChI=1S/C14H14N4O3/c1-8-15-5-6-18(8)12-11(3-2-4-16-12)17-13(19)9-7-10(9)14(20)21/h2-6,9-10H,7H2,1H3,(H,17,19)(H,20,21). The highest BCUT2D eigenvalue weighted by atomic mass is 16.4. The number of carbonyl (C=O) groups is 2. The Morgan fingerprint density at radius 2 is 2.14 bits per heavy atom. The predicted molar refractivity (Wildman–Crippen MR) is 74.0 cm³/mol. The summed E-state index contributed by atoms with van der Waals surface area (Å²) < 4.78 is 1.76. The molecule has 2 atom stereocenters. The van der Waals surface area contributed by atoms with Crippen molar-refractivity contribution in [2.45, 2.75) is 13.3 Å². The first-order chi connectivity index (χ1) is 10.1. The molecule has 3 rings (SSSR count). The number of anilines is 1. The lowest BCUT2D eigenvalue weighted by Gasteiger charge is -2.11. The minimum atomic E-state index is -0.924. The number of carboxylic acids is 1. The molecule has 0 spiro atoms. The molecule has 1 amide bonds. The molecule has 7 heteroatoms. The van der Waals surface area contributed by atoms with Gasteiger partial charge in [0.1, 0.15) is 5.82 Å². The van der Waals surface area contributed by atoms with Crippen molar-refractivity contribution < 1.29 is 14.7 Å². The van der Waals surface area contributed by atoms with Crippen LogP contribution in [-0.4, -0.2) is 31.5 Å². The Kier molecular flexibility index (Phi) is 3.17. The molecule has 2 heterocycles. The second-order valence-corrected chi connectivity index (χ2v) is 5.00. The van der Waals surface area contributed by atoms with Gasteiger partial charge in [-0.15, -0.1) is 0 Å². The maximum Gasteiger partial charge on any atom is 0.307 e. The van der Waals surface area contributed by atoms with Crippen molar-refractivity contribution in [1.82, 2.24) is 14.5 Å². The van der Waals surface area contributed by atoms with E-state index in [2.05, 4.69) is 15.3 Å². The summed E-state index contributed by atoms with van der Waals surface area (Å²) in [4.78, 5) is 31.3. The van der Waals surface area contributed by atoms with Crippen LogP contribution in [0, 0.1) is 18.8 Å². The van der Waals surface area contributed by atoms with Crippen molar-refractivity contribution in [3.05, 3.63) is 36.5 Å². The molecule has 21 heavy (non-hydrogen) atoms. The van der Waals surface area contributed by atoms with Gasteiger partial charge in [0.05, 0.1) is 17.5 Å². The highest BCUT2D eigenvalue weighted by Crippen LogP contribution is 2.39. The number of imidazole rings is 1. The Bertz CT molecular complexity index is 710. The molecule has 1 aliphatic rings. The molecule has 0 aliphatic heterocycles. The van der Waals surface area contributed by atoms with Crippen LogP contribution in [0.5, 0.6) is 0 Å². The number of aryl methyl sites for hydroxylation is 1. The third kappa shape index (κ3) is 2.49. The van der Waals surface area contributed by atoms with E-state index < -0.39 is 17.8 Å². The molecule has 2 aromatic rings. The number of nitrogens with one attached hydrogen (secondary N) is 1. The average molecular weight is 286 g/mol. The van der Waals surface area contributed by atoms with Gasteiger partial charge in [0.25, 0.3) is 0 Å². The van der Waals surface area contributed by atoms with Gasteiger partial charge in [0.15, 0.2) is 5.82 Å². The molecule has 0 radical (unpaired) electrons. The molecule has 108 valence electrons. The normalized spacial score (nSPS) is 20.0. The minimum absolute atomic E-state index is 0.283. The largest absolute Gasteiger partial charge is 0.481 e. The summed E-state index contributed by atoms with van der Waals surface area (Å²) in [5.41, 5.74) is 0.541. The van der Waals surface area contributed by atoms with Crippen molar-refractivity contribution in [2.24, 2.45) is 11.8 Å². The van der Waals surface area contributed by atoms with Crippen LogP contribution in [0.1, 0.15) is 12.2 Å². The number of aromatic nitrogens is 3. The third-order valence-electron chi connectivity index (χ3n) is 3.54. The minimum Gasteiger partial charge on any atom is -0.481 e. The molecule has 1 fully saturated rings. The number of carbonyl (C=O) groups excluding carboxylic acids is 1. The molecule has 1 aliphatic carbocycles. The van der Waals surface area contributed by atoms with E-state index in [4.69, 9.17) is 5.11 Å². The number of carboxylic acid groups (broad SMARTS) is 1. The van der Waals surface area contributed by atoms with Crippen molar-refractivity contribution in [3.8, 4) is 5.82 Å². The lowest BCUT2D eigenvalue weighted by atomic mass is 10.3. The number of rotatable bonds is 4. The maximum absolute atomic E-state index is 12.1. The van der Waals surface area contributed by atoms with Gasteiger partial charge in [0.2, 0.25) is 5.91 Å². The fourth-order valence-corrected chi connectivity index (χ4v) is 2.27. The van der Waals surface area contributed by atoms with Crippen LogP contribution in [0.4, 0.5) is 5.69 Å². The van der Waals surface area contributed by atoms with E-state index in [1.807, 2.05) is 6.92 Å². The molecule has 1 saturated carbocycles. The summed E-state index contributed by atoms with van der Waals surface area (Å²) in [5.74, 6) is -0.923. The van der Waals surface area contributed by atoms with E-state index in [9.17, 15) is 9.59 Å². The smallest absolute Gasteiger partial charge is 0.307 e. The van der Waals surface area contributed by atoms with Crippen molar-refractivity contribution >= 4 is 17.6 Å². The average Bonchev–Trinajstić information content (AvgIpc) is 3.16. The number of nitrogens with zero attached hydrogens (tertiary/aromatic N) is 3. The first-order valence-electron chi connectivity index (χ1n) is 6.57. The van der Waals surface area contributed by atoms with E-state index in [0.29, 0.717) is 17.9 Å². The van der Waals surface area contributed by atoms with Crippen LogP contribution in [0.2, 0.25) is 0 Å². The number of hydrogen-bond donors (Lipinski definition) is 2. The van der Waals surface area contributed by atoms with Gasteiger partial charge in [-0.3, -0.25) is 14.2 Å². The number of aliphatic carboxylic acids is 1. The number of pyridine rings is 1. The summed E-state index contributed by atoms with van der Waals surface area (Å²) in [7, 11) is 0. The molecular weight excluding hydrogens is 272 g/mol. The molecule has 2 unspecified atom stereocenters. The van der Waals surface area contributed by atoms with E-state index in [0.717, 1.165) is 5.82 Å². The summed E-state index contributed by atoms with van der Waals surface area (Å²) in [6.07, 6.45) is 5.42. The molecule has 0 aromatic carbocycles. The molecule has 2 aromatic heterocycles. The van der Waals surface area contributed by atoms with E-state index in [1.54, 1.807) is 35.3 Å². The summed E-state index contributed by atoms with van der Waals surface area (Å²) in [6, 6.07) is 3.45. The number of amides is 1. The first-order valence-corrected chi connectivity index (χ1v) is 6.57. The lowest BCUT2D eigenvalue weighted by molar-refractivity contribution is -0.139. The monoisotopic (exact) mass is 286 g/mol. The third-order valence-corrected chi connectivity index (χ3v) is 3.54. The Balaban J connectivity index is 1.82. The second kappa shape index (κ2) is 5.01. The van der Waals surface area contributed by atoms with Crippen LogP contribution in [0.25, 0.3) is 5.82 Å². The molecule has 7 nitrogen and oxygen atoms in total.